The third-order valence-electron chi connectivity index (χ3n) is 5.46. The van der Waals surface area contributed by atoms with E-state index in [9.17, 15) is 21.6 Å². The third kappa shape index (κ3) is 7.15. The average molecular weight is 479 g/mol. The van der Waals surface area contributed by atoms with Gasteiger partial charge in [-0.1, -0.05) is 48.9 Å². The predicted octanol–water partition coefficient (Wildman–Crippen LogP) is 2.53. The van der Waals surface area contributed by atoms with Gasteiger partial charge < -0.3 is 5.32 Å². The highest BCUT2D eigenvalue weighted by Crippen LogP contribution is 2.21. The van der Waals surface area contributed by atoms with Crippen molar-refractivity contribution in [3.8, 4) is 0 Å². The Hall–Kier alpha value is -2.23. The van der Waals surface area contributed by atoms with Gasteiger partial charge in [0.1, 0.15) is 5.75 Å². The first kappa shape index (κ1) is 24.4. The second-order valence-corrected chi connectivity index (χ2v) is 12.2. The van der Waals surface area contributed by atoms with Gasteiger partial charge in [0.2, 0.25) is 15.9 Å². The quantitative estimate of drug-likeness (QED) is 0.566. The zero-order valence-electron chi connectivity index (χ0n) is 18.1. The van der Waals surface area contributed by atoms with Gasteiger partial charge in [0, 0.05) is 19.6 Å². The minimum Gasteiger partial charge on any atom is -0.351 e. The molecule has 0 spiro atoms. The maximum atomic E-state index is 12.8. The van der Waals surface area contributed by atoms with Crippen molar-refractivity contribution >= 4 is 25.8 Å². The Morgan fingerprint density at radius 3 is 2.28 bits per heavy atom. The van der Waals surface area contributed by atoms with E-state index in [1.807, 2.05) is 30.3 Å². The molecule has 0 saturated carbocycles. The molecule has 7 nitrogen and oxygen atoms in total. The molecule has 0 aliphatic carbocycles. The van der Waals surface area contributed by atoms with Crippen LogP contribution in [0, 0.1) is 0 Å². The van der Waals surface area contributed by atoms with Crippen molar-refractivity contribution in [2.75, 3.05) is 24.6 Å². The Morgan fingerprint density at radius 1 is 0.875 bits per heavy atom. The molecule has 32 heavy (non-hydrogen) atoms. The summed E-state index contributed by atoms with van der Waals surface area (Å²) in [4.78, 5) is 12.4. The first-order chi connectivity index (χ1) is 15.3. The van der Waals surface area contributed by atoms with Crippen LogP contribution in [0.5, 0.6) is 0 Å². The molecule has 0 aromatic heterocycles. The molecular weight excluding hydrogens is 448 g/mol. The molecule has 2 aromatic carbocycles. The average Bonchev–Trinajstić information content (AvgIpc) is 2.79. The SMILES string of the molecule is O=C(CS(=O)(=O)CCCc1ccccc1)NCc1cccc(S(=O)(=O)N2CCCCC2)c1. The van der Waals surface area contributed by atoms with Crippen LogP contribution in [0.15, 0.2) is 59.5 Å². The summed E-state index contributed by atoms with van der Waals surface area (Å²) in [6.45, 7) is 1.11. The summed E-state index contributed by atoms with van der Waals surface area (Å²) < 4.78 is 51.7. The first-order valence-electron chi connectivity index (χ1n) is 10.9. The minimum atomic E-state index is -3.56. The second-order valence-electron chi connectivity index (χ2n) is 8.07. The van der Waals surface area contributed by atoms with E-state index in [0.717, 1.165) is 24.8 Å². The molecule has 0 radical (unpaired) electrons. The number of carbonyl (C=O) groups excluding carboxylic acids is 1. The fourth-order valence-corrected chi connectivity index (χ4v) is 6.55. The van der Waals surface area contributed by atoms with Crippen molar-refractivity contribution in [2.24, 2.45) is 0 Å². The van der Waals surface area contributed by atoms with Gasteiger partial charge in [-0.2, -0.15) is 4.31 Å². The van der Waals surface area contributed by atoms with E-state index in [4.69, 9.17) is 0 Å². The van der Waals surface area contributed by atoms with Crippen LogP contribution in [0.3, 0.4) is 0 Å². The largest absolute Gasteiger partial charge is 0.351 e. The standard InChI is InChI=1S/C23H30N2O5S2/c26-23(19-31(27,28)16-8-12-20-9-3-1-4-10-20)24-18-21-11-7-13-22(17-21)32(29,30)25-14-5-2-6-15-25/h1,3-4,7,9-11,13,17H,2,5-6,8,12,14-16,18-19H2,(H,24,26). The number of piperidine rings is 1. The highest BCUT2D eigenvalue weighted by Gasteiger charge is 2.26. The minimum absolute atomic E-state index is 0.0567. The molecule has 0 atom stereocenters. The van der Waals surface area contributed by atoms with E-state index in [1.54, 1.807) is 24.3 Å². The maximum absolute atomic E-state index is 12.8. The fourth-order valence-electron chi connectivity index (χ4n) is 3.73. The number of amides is 1. The normalized spacial score (nSPS) is 15.4. The third-order valence-corrected chi connectivity index (χ3v) is 8.96. The van der Waals surface area contributed by atoms with Crippen LogP contribution in [-0.2, 0) is 37.6 Å². The number of sulfone groups is 1. The highest BCUT2D eigenvalue weighted by molar-refractivity contribution is 7.92. The summed E-state index contributed by atoms with van der Waals surface area (Å²) in [7, 11) is -7.08. The van der Waals surface area contributed by atoms with E-state index in [-0.39, 0.29) is 17.2 Å². The zero-order valence-corrected chi connectivity index (χ0v) is 19.7. The summed E-state index contributed by atoms with van der Waals surface area (Å²) in [5, 5.41) is 2.59. The molecule has 1 heterocycles. The molecule has 2 aromatic rings. The summed E-state index contributed by atoms with van der Waals surface area (Å²) in [6.07, 6.45) is 3.84. The van der Waals surface area contributed by atoms with Crippen LogP contribution in [0.25, 0.3) is 0 Å². The van der Waals surface area contributed by atoms with Crippen LogP contribution in [0.4, 0.5) is 0 Å². The van der Waals surface area contributed by atoms with Gasteiger partial charge >= 0.3 is 0 Å². The van der Waals surface area contributed by atoms with Crippen molar-refractivity contribution < 1.29 is 21.6 Å². The molecule has 3 rings (SSSR count). The molecule has 1 aliphatic heterocycles. The van der Waals surface area contributed by atoms with Gasteiger partial charge in [-0.25, -0.2) is 16.8 Å². The van der Waals surface area contributed by atoms with Gasteiger partial charge in [-0.3, -0.25) is 4.79 Å². The van der Waals surface area contributed by atoms with Crippen molar-refractivity contribution in [1.29, 1.82) is 0 Å². The number of hydrogen-bond acceptors (Lipinski definition) is 5. The van der Waals surface area contributed by atoms with Crippen LogP contribution in [0.2, 0.25) is 0 Å². The van der Waals surface area contributed by atoms with Crippen molar-refractivity contribution in [3.63, 3.8) is 0 Å². The summed E-state index contributed by atoms with van der Waals surface area (Å²) >= 11 is 0. The van der Waals surface area contributed by atoms with E-state index in [2.05, 4.69) is 5.32 Å². The fraction of sp³-hybridized carbons (Fsp3) is 0.435. The number of nitrogens with one attached hydrogen (secondary N) is 1. The number of aryl methyl sites for hydroxylation is 1. The Balaban J connectivity index is 1.50. The molecule has 0 bridgehead atoms. The Bertz CT molecular complexity index is 1110. The summed E-state index contributed by atoms with van der Waals surface area (Å²) in [6, 6.07) is 16.0. The molecular formula is C23H30N2O5S2. The van der Waals surface area contributed by atoms with Gasteiger partial charge in [0.25, 0.3) is 0 Å². The van der Waals surface area contributed by atoms with Crippen molar-refractivity contribution in [2.45, 2.75) is 43.5 Å². The van der Waals surface area contributed by atoms with E-state index < -0.39 is 31.5 Å². The Morgan fingerprint density at radius 2 is 1.56 bits per heavy atom. The van der Waals surface area contributed by atoms with Crippen LogP contribution < -0.4 is 5.32 Å². The second kappa shape index (κ2) is 11.1. The summed E-state index contributed by atoms with van der Waals surface area (Å²) in [5.41, 5.74) is 1.67. The molecule has 174 valence electrons. The van der Waals surface area contributed by atoms with E-state index in [0.29, 0.717) is 31.5 Å². The Kier molecular flexibility index (Phi) is 8.44. The number of carbonyl (C=O) groups is 1. The van der Waals surface area contributed by atoms with Crippen molar-refractivity contribution in [3.05, 3.63) is 65.7 Å². The molecule has 9 heteroatoms. The smallest absolute Gasteiger partial charge is 0.243 e. The lowest BCUT2D eigenvalue weighted by atomic mass is 10.1. The van der Waals surface area contributed by atoms with Gasteiger partial charge in [0.15, 0.2) is 9.84 Å². The lowest BCUT2D eigenvalue weighted by Gasteiger charge is -2.26. The number of sulfonamides is 1. The van der Waals surface area contributed by atoms with Gasteiger partial charge in [-0.05, 0) is 48.9 Å². The van der Waals surface area contributed by atoms with E-state index >= 15 is 0 Å². The molecule has 0 unspecified atom stereocenters. The molecule has 1 aliphatic rings. The lowest BCUT2D eigenvalue weighted by Crippen LogP contribution is -2.35. The van der Waals surface area contributed by atoms with Crippen LogP contribution in [-0.4, -0.2) is 51.6 Å². The zero-order chi connectivity index (χ0) is 23.0. The number of nitrogens with zero attached hydrogens (tertiary/aromatic N) is 1. The van der Waals surface area contributed by atoms with Gasteiger partial charge in [0.05, 0.1) is 10.6 Å². The monoisotopic (exact) mass is 478 g/mol. The number of hydrogen-bond donors (Lipinski definition) is 1. The predicted molar refractivity (Wildman–Crippen MR) is 124 cm³/mol. The van der Waals surface area contributed by atoms with Crippen molar-refractivity contribution in [1.82, 2.24) is 9.62 Å². The molecule has 1 amide bonds. The topological polar surface area (TPSA) is 101 Å². The molecule has 1 saturated heterocycles. The maximum Gasteiger partial charge on any atom is 0.243 e. The van der Waals surface area contributed by atoms with Gasteiger partial charge in [-0.15, -0.1) is 0 Å². The van der Waals surface area contributed by atoms with Crippen LogP contribution in [0.1, 0.15) is 36.8 Å². The highest BCUT2D eigenvalue weighted by atomic mass is 32.2. The van der Waals surface area contributed by atoms with Crippen LogP contribution >= 0.6 is 0 Å². The Labute approximate surface area is 190 Å². The molecule has 1 fully saturated rings. The lowest BCUT2D eigenvalue weighted by molar-refractivity contribution is -0.118. The number of benzene rings is 2. The first-order valence-corrected chi connectivity index (χ1v) is 14.1. The summed E-state index contributed by atoms with van der Waals surface area (Å²) in [5.74, 6) is -1.22. The van der Waals surface area contributed by atoms with E-state index in [1.165, 1.54) is 4.31 Å². The molecule has 1 N–H and O–H groups in total. The number of rotatable bonds is 10.